The van der Waals surface area contributed by atoms with Crippen LogP contribution in [0.3, 0.4) is 0 Å². The van der Waals surface area contributed by atoms with Crippen molar-refractivity contribution in [1.29, 1.82) is 0 Å². The maximum Gasteiger partial charge on any atom is 0.200 e. The Labute approximate surface area is 141 Å². The summed E-state index contributed by atoms with van der Waals surface area (Å²) < 4.78 is 133. The fraction of sp³-hybridized carbons (Fsp3) is 0.0714. The first-order chi connectivity index (χ1) is 12.0. The van der Waals surface area contributed by atoms with E-state index in [9.17, 15) is 43.9 Å². The molecule has 0 fully saturated rings. The summed E-state index contributed by atoms with van der Waals surface area (Å²) in [6.07, 6.45) is 0. The van der Waals surface area contributed by atoms with Crippen LogP contribution in [-0.4, -0.2) is 14.6 Å². The van der Waals surface area contributed by atoms with E-state index in [0.29, 0.717) is 0 Å². The second-order valence-electron chi connectivity index (χ2n) is 5.41. The first-order valence-corrected chi connectivity index (χ1v) is 6.80. The van der Waals surface area contributed by atoms with Gasteiger partial charge in [-0.2, -0.15) is 0 Å². The van der Waals surface area contributed by atoms with Crippen LogP contribution in [0.4, 0.5) is 43.9 Å². The molecule has 0 atom stereocenters. The molecule has 0 heterocycles. The summed E-state index contributed by atoms with van der Waals surface area (Å²) in [5.74, 6) is -22.3. The molecule has 0 aromatic heterocycles. The molecule has 0 aliphatic carbocycles. The number of benzene rings is 2. The summed E-state index contributed by atoms with van der Waals surface area (Å²) in [7, 11) is -1.96. The second-order valence-corrected chi connectivity index (χ2v) is 5.41. The fourth-order valence-electron chi connectivity index (χ4n) is 2.28. The molecule has 0 amide bonds. The number of rotatable bonds is 4. The molecular formula is C14H5B2F10. The number of halogens is 10. The van der Waals surface area contributed by atoms with Crippen molar-refractivity contribution < 1.29 is 43.9 Å². The normalized spacial score (nSPS) is 11.2. The summed E-state index contributed by atoms with van der Waals surface area (Å²) in [6, 6.07) is 0. The molecule has 0 aliphatic rings. The molecule has 2 aromatic carbocycles. The smallest absolute Gasteiger partial charge is 0.200 e. The lowest BCUT2D eigenvalue weighted by Gasteiger charge is -2.13. The van der Waals surface area contributed by atoms with Crippen LogP contribution in [0, 0.1) is 63.9 Å². The molecule has 0 saturated carbocycles. The van der Waals surface area contributed by atoms with Crippen LogP contribution in [0.5, 0.6) is 0 Å². The molecule has 137 valence electrons. The minimum atomic E-state index is -2.39. The average Bonchev–Trinajstić information content (AvgIpc) is 2.62. The van der Waals surface area contributed by atoms with Gasteiger partial charge in [0.25, 0.3) is 0 Å². The van der Waals surface area contributed by atoms with Crippen molar-refractivity contribution >= 4 is 25.5 Å². The van der Waals surface area contributed by atoms with Crippen molar-refractivity contribution in [3.05, 3.63) is 63.9 Å². The van der Waals surface area contributed by atoms with Gasteiger partial charge in [0.1, 0.15) is 0 Å². The summed E-state index contributed by atoms with van der Waals surface area (Å²) in [5, 5.41) is 0. The monoisotopic (exact) mass is 385 g/mol. The summed E-state index contributed by atoms with van der Waals surface area (Å²) in [6.45, 7) is 0.996. The Morgan fingerprint density at radius 1 is 0.423 bits per heavy atom. The Morgan fingerprint density at radius 2 is 0.615 bits per heavy atom. The SMILES string of the molecule is C[C](Bc1c(F)c(F)c(F)c(F)c1F)Bc1c(F)c(F)c(F)c(F)c1F. The Morgan fingerprint density at radius 3 is 0.846 bits per heavy atom. The maximum absolute atomic E-state index is 13.6. The number of hydrogen-bond donors (Lipinski definition) is 0. The molecule has 12 heteroatoms. The fourth-order valence-corrected chi connectivity index (χ4v) is 2.28. The van der Waals surface area contributed by atoms with E-state index in [1.54, 1.807) is 0 Å². The highest BCUT2D eigenvalue weighted by atomic mass is 19.2. The highest BCUT2D eigenvalue weighted by Gasteiger charge is 2.30. The van der Waals surface area contributed by atoms with Crippen LogP contribution in [0.25, 0.3) is 0 Å². The third-order valence-corrected chi connectivity index (χ3v) is 3.56. The Balaban J connectivity index is 2.39. The Kier molecular flexibility index (Phi) is 5.62. The summed E-state index contributed by atoms with van der Waals surface area (Å²) >= 11 is 0. The van der Waals surface area contributed by atoms with Gasteiger partial charge in [0.2, 0.25) is 0 Å². The predicted molar refractivity (Wildman–Crippen MR) is 74.9 cm³/mol. The quantitative estimate of drug-likeness (QED) is 0.329. The third-order valence-electron chi connectivity index (χ3n) is 3.56. The zero-order valence-electron chi connectivity index (χ0n) is 12.7. The van der Waals surface area contributed by atoms with E-state index in [1.807, 2.05) is 0 Å². The Hall–Kier alpha value is -2.13. The van der Waals surface area contributed by atoms with Gasteiger partial charge < -0.3 is 0 Å². The van der Waals surface area contributed by atoms with Gasteiger partial charge in [-0.05, 0) is 10.9 Å². The van der Waals surface area contributed by atoms with E-state index in [1.165, 1.54) is 0 Å². The van der Waals surface area contributed by atoms with Gasteiger partial charge >= 0.3 is 0 Å². The van der Waals surface area contributed by atoms with Gasteiger partial charge in [-0.15, -0.1) is 0 Å². The van der Waals surface area contributed by atoms with Gasteiger partial charge in [-0.25, -0.2) is 43.9 Å². The molecule has 0 saturated heterocycles. The molecule has 26 heavy (non-hydrogen) atoms. The lowest BCUT2D eigenvalue weighted by Crippen LogP contribution is -2.38. The first-order valence-electron chi connectivity index (χ1n) is 6.80. The zero-order valence-corrected chi connectivity index (χ0v) is 12.7. The van der Waals surface area contributed by atoms with Gasteiger partial charge in [0.15, 0.2) is 72.7 Å². The van der Waals surface area contributed by atoms with E-state index < -0.39 is 83.7 Å². The van der Waals surface area contributed by atoms with Gasteiger partial charge in [-0.3, -0.25) is 0 Å². The Bertz CT molecular complexity index is 753. The minimum Gasteiger partial charge on any atom is -0.204 e. The number of hydrogen-bond acceptors (Lipinski definition) is 0. The van der Waals surface area contributed by atoms with Crippen LogP contribution in [-0.2, 0) is 0 Å². The highest BCUT2D eigenvalue weighted by molar-refractivity contribution is 6.79. The molecule has 0 N–H and O–H groups in total. The van der Waals surface area contributed by atoms with Gasteiger partial charge in [0, 0.05) is 0 Å². The molecule has 0 bridgehead atoms. The standard InChI is InChI=1S/C14H5B2F10/c1-2(15-3-5(17)9(21)13(25)10(22)6(3)18)16-4-7(19)11(23)14(26)12(24)8(4)20/h15-16H,1H3. The average molecular weight is 385 g/mol. The predicted octanol–water partition coefficient (Wildman–Crippen LogP) is 2.41. The lowest BCUT2D eigenvalue weighted by atomic mass is 9.41. The zero-order chi connectivity index (χ0) is 19.9. The molecule has 2 aromatic rings. The second kappa shape index (κ2) is 7.24. The molecule has 2 rings (SSSR count). The van der Waals surface area contributed by atoms with Crippen LogP contribution < -0.4 is 10.9 Å². The van der Waals surface area contributed by atoms with Gasteiger partial charge in [0.05, 0.1) is 0 Å². The first kappa shape index (κ1) is 20.2. The maximum atomic E-state index is 13.6. The summed E-state index contributed by atoms with van der Waals surface area (Å²) in [5.41, 5.74) is -2.89. The highest BCUT2D eigenvalue weighted by Crippen LogP contribution is 2.18. The summed E-state index contributed by atoms with van der Waals surface area (Å²) in [4.78, 5) is 0. The molecule has 0 nitrogen and oxygen atoms in total. The van der Waals surface area contributed by atoms with E-state index >= 15 is 0 Å². The van der Waals surface area contributed by atoms with E-state index in [-0.39, 0.29) is 5.72 Å². The minimum absolute atomic E-state index is 0.309. The largest absolute Gasteiger partial charge is 0.204 e. The van der Waals surface area contributed by atoms with Crippen LogP contribution in [0.15, 0.2) is 0 Å². The van der Waals surface area contributed by atoms with Crippen LogP contribution in [0.1, 0.15) is 6.92 Å². The van der Waals surface area contributed by atoms with Crippen molar-refractivity contribution in [2.45, 2.75) is 6.92 Å². The molecule has 0 unspecified atom stereocenters. The molecule has 1 radical (unpaired) electrons. The van der Waals surface area contributed by atoms with Crippen molar-refractivity contribution in [2.75, 3.05) is 0 Å². The van der Waals surface area contributed by atoms with Crippen LogP contribution in [0.2, 0.25) is 0 Å². The molecule has 0 spiro atoms. The van der Waals surface area contributed by atoms with E-state index in [4.69, 9.17) is 0 Å². The third kappa shape index (κ3) is 3.28. The van der Waals surface area contributed by atoms with Crippen molar-refractivity contribution in [3.8, 4) is 0 Å². The topological polar surface area (TPSA) is 0 Å². The molecule has 0 aliphatic heterocycles. The van der Waals surface area contributed by atoms with Crippen LogP contribution >= 0.6 is 0 Å². The molecular weight excluding hydrogens is 380 g/mol. The van der Waals surface area contributed by atoms with E-state index in [0.717, 1.165) is 6.92 Å². The van der Waals surface area contributed by atoms with Crippen molar-refractivity contribution in [1.82, 2.24) is 0 Å². The lowest BCUT2D eigenvalue weighted by molar-refractivity contribution is 0.384. The van der Waals surface area contributed by atoms with E-state index in [2.05, 4.69) is 0 Å². The van der Waals surface area contributed by atoms with Crippen molar-refractivity contribution in [3.63, 3.8) is 0 Å². The van der Waals surface area contributed by atoms with Gasteiger partial charge in [-0.1, -0.05) is 12.6 Å². The van der Waals surface area contributed by atoms with Crippen molar-refractivity contribution in [2.24, 2.45) is 0 Å².